The van der Waals surface area contributed by atoms with Crippen molar-refractivity contribution in [1.82, 2.24) is 10.2 Å². The van der Waals surface area contributed by atoms with E-state index in [1.54, 1.807) is 0 Å². The fraction of sp³-hybridized carbons (Fsp3) is 0.429. The first-order valence-corrected chi connectivity index (χ1v) is 6.88. The highest BCUT2D eigenvalue weighted by atomic mass is 19.1. The topological polar surface area (TPSA) is 87.5 Å². The molecule has 1 heterocycles. The highest BCUT2D eigenvalue weighted by Crippen LogP contribution is 2.19. The Balaban J connectivity index is 1.82. The summed E-state index contributed by atoms with van der Waals surface area (Å²) in [5, 5.41) is 5.43. The van der Waals surface area contributed by atoms with Crippen LogP contribution in [-0.4, -0.2) is 42.9 Å². The lowest BCUT2D eigenvalue weighted by Gasteiger charge is -2.18. The van der Waals surface area contributed by atoms with Crippen LogP contribution in [0.5, 0.6) is 0 Å². The van der Waals surface area contributed by atoms with Crippen LogP contribution in [0.25, 0.3) is 0 Å². The van der Waals surface area contributed by atoms with Gasteiger partial charge in [-0.1, -0.05) is 0 Å². The smallest absolute Gasteiger partial charge is 0.234 e. The fourth-order valence-electron chi connectivity index (χ4n) is 2.18. The van der Waals surface area contributed by atoms with Gasteiger partial charge in [0.15, 0.2) is 0 Å². The van der Waals surface area contributed by atoms with Gasteiger partial charge in [0.25, 0.3) is 0 Å². The van der Waals surface area contributed by atoms with Gasteiger partial charge in [-0.3, -0.25) is 14.5 Å². The van der Waals surface area contributed by atoms with E-state index in [-0.39, 0.29) is 23.9 Å². The molecule has 0 bridgehead atoms. The molecule has 0 aromatic heterocycles. The molecule has 1 fully saturated rings. The van der Waals surface area contributed by atoms with Gasteiger partial charge in [-0.25, -0.2) is 4.39 Å². The largest absolute Gasteiger partial charge is 0.397 e. The molecule has 0 radical (unpaired) electrons. The number of hydrogen-bond donors (Lipinski definition) is 3. The molecule has 0 unspecified atom stereocenters. The molecule has 0 spiro atoms. The zero-order valence-corrected chi connectivity index (χ0v) is 11.7. The van der Waals surface area contributed by atoms with E-state index < -0.39 is 5.82 Å². The standard InChI is InChI=1S/C14H19FN4O2/c15-10-2-3-12(11(16)8-10)18-13(20)4-7-19-6-1-5-17-14(21)9-19/h2-3,8H,1,4-7,9,16H2,(H,17,21)(H,18,20). The molecule has 1 aromatic carbocycles. The summed E-state index contributed by atoms with van der Waals surface area (Å²) in [6, 6.07) is 3.84. The number of rotatable bonds is 4. The minimum Gasteiger partial charge on any atom is -0.397 e. The Bertz CT molecular complexity index is 536. The lowest BCUT2D eigenvalue weighted by Crippen LogP contribution is -2.34. The van der Waals surface area contributed by atoms with Crippen molar-refractivity contribution in [1.29, 1.82) is 0 Å². The van der Waals surface area contributed by atoms with Gasteiger partial charge in [-0.15, -0.1) is 0 Å². The van der Waals surface area contributed by atoms with Crippen molar-refractivity contribution in [2.75, 3.05) is 37.2 Å². The number of amides is 2. The van der Waals surface area contributed by atoms with Gasteiger partial charge in [-0.2, -0.15) is 0 Å². The van der Waals surface area contributed by atoms with Gasteiger partial charge in [0.1, 0.15) is 5.82 Å². The van der Waals surface area contributed by atoms with Gasteiger partial charge >= 0.3 is 0 Å². The SMILES string of the molecule is Nc1cc(F)ccc1NC(=O)CCN1CCCNC(=O)C1. The number of benzene rings is 1. The zero-order chi connectivity index (χ0) is 15.2. The number of nitrogens with zero attached hydrogens (tertiary/aromatic N) is 1. The third-order valence-electron chi connectivity index (χ3n) is 3.28. The van der Waals surface area contributed by atoms with Crippen molar-refractivity contribution in [2.24, 2.45) is 0 Å². The summed E-state index contributed by atoms with van der Waals surface area (Å²) in [6.45, 7) is 2.27. The van der Waals surface area contributed by atoms with E-state index in [1.165, 1.54) is 12.1 Å². The summed E-state index contributed by atoms with van der Waals surface area (Å²) in [7, 11) is 0. The second-order valence-electron chi connectivity index (χ2n) is 5.01. The van der Waals surface area contributed by atoms with Crippen LogP contribution in [-0.2, 0) is 9.59 Å². The Morgan fingerprint density at radius 1 is 1.48 bits per heavy atom. The normalized spacial score (nSPS) is 16.1. The van der Waals surface area contributed by atoms with Crippen molar-refractivity contribution < 1.29 is 14.0 Å². The maximum Gasteiger partial charge on any atom is 0.234 e. The molecule has 114 valence electrons. The predicted molar refractivity (Wildman–Crippen MR) is 78.1 cm³/mol. The number of nitrogen functional groups attached to an aromatic ring is 1. The average molecular weight is 294 g/mol. The molecule has 2 rings (SSSR count). The molecular weight excluding hydrogens is 275 g/mol. The molecule has 6 nitrogen and oxygen atoms in total. The number of carbonyl (C=O) groups excluding carboxylic acids is 2. The molecular formula is C14H19FN4O2. The first kappa shape index (κ1) is 15.2. The fourth-order valence-corrected chi connectivity index (χ4v) is 2.18. The first-order chi connectivity index (χ1) is 10.0. The predicted octanol–water partition coefficient (Wildman–Crippen LogP) is 0.558. The van der Waals surface area contributed by atoms with Gasteiger partial charge < -0.3 is 16.4 Å². The summed E-state index contributed by atoms with van der Waals surface area (Å²) in [5.74, 6) is -0.672. The van der Waals surface area contributed by atoms with E-state index >= 15 is 0 Å². The highest BCUT2D eigenvalue weighted by molar-refractivity contribution is 5.93. The Labute approximate surface area is 122 Å². The van der Waals surface area contributed by atoms with Crippen LogP contribution in [0.2, 0.25) is 0 Å². The van der Waals surface area contributed by atoms with Crippen molar-refractivity contribution in [3.63, 3.8) is 0 Å². The van der Waals surface area contributed by atoms with Gasteiger partial charge in [0, 0.05) is 26.1 Å². The summed E-state index contributed by atoms with van der Waals surface area (Å²) in [6.07, 6.45) is 1.13. The molecule has 21 heavy (non-hydrogen) atoms. The maximum absolute atomic E-state index is 12.9. The number of halogens is 1. The summed E-state index contributed by atoms with van der Waals surface area (Å²) < 4.78 is 12.9. The van der Waals surface area contributed by atoms with Crippen LogP contribution < -0.4 is 16.4 Å². The van der Waals surface area contributed by atoms with E-state index in [9.17, 15) is 14.0 Å². The highest BCUT2D eigenvalue weighted by Gasteiger charge is 2.15. The lowest BCUT2D eigenvalue weighted by molar-refractivity contribution is -0.122. The van der Waals surface area contributed by atoms with Crippen LogP contribution in [0, 0.1) is 5.82 Å². The monoisotopic (exact) mass is 294 g/mol. The molecule has 1 aliphatic heterocycles. The molecule has 0 saturated carbocycles. The Morgan fingerprint density at radius 2 is 2.29 bits per heavy atom. The third kappa shape index (κ3) is 4.71. The number of nitrogens with one attached hydrogen (secondary N) is 2. The molecule has 4 N–H and O–H groups in total. The second kappa shape index (κ2) is 7.03. The van der Waals surface area contributed by atoms with Crippen molar-refractivity contribution in [3.05, 3.63) is 24.0 Å². The van der Waals surface area contributed by atoms with Crippen molar-refractivity contribution in [2.45, 2.75) is 12.8 Å². The van der Waals surface area contributed by atoms with Crippen LogP contribution in [0.4, 0.5) is 15.8 Å². The summed E-state index contributed by atoms with van der Waals surface area (Å²) >= 11 is 0. The number of carbonyl (C=O) groups is 2. The van der Waals surface area contributed by atoms with Crippen LogP contribution in [0.15, 0.2) is 18.2 Å². The number of anilines is 2. The zero-order valence-electron chi connectivity index (χ0n) is 11.7. The molecule has 7 heteroatoms. The third-order valence-corrected chi connectivity index (χ3v) is 3.28. The van der Waals surface area contributed by atoms with Crippen molar-refractivity contribution >= 4 is 23.2 Å². The van der Waals surface area contributed by atoms with E-state index in [1.807, 2.05) is 4.90 Å². The summed E-state index contributed by atoms with van der Waals surface area (Å²) in [4.78, 5) is 25.2. The quantitative estimate of drug-likeness (QED) is 0.708. The Kier molecular flexibility index (Phi) is 5.10. The van der Waals surface area contributed by atoms with E-state index in [0.29, 0.717) is 25.3 Å². The van der Waals surface area contributed by atoms with Gasteiger partial charge in [-0.05, 0) is 24.6 Å². The van der Waals surface area contributed by atoms with Gasteiger partial charge in [0.2, 0.25) is 11.8 Å². The second-order valence-corrected chi connectivity index (χ2v) is 5.01. The molecule has 2 amide bonds. The Morgan fingerprint density at radius 3 is 3.05 bits per heavy atom. The molecule has 1 saturated heterocycles. The van der Waals surface area contributed by atoms with Crippen molar-refractivity contribution in [3.8, 4) is 0 Å². The molecule has 1 aliphatic rings. The van der Waals surface area contributed by atoms with Crippen LogP contribution in [0.1, 0.15) is 12.8 Å². The summed E-state index contributed by atoms with van der Waals surface area (Å²) in [5.41, 5.74) is 6.22. The first-order valence-electron chi connectivity index (χ1n) is 6.88. The minimum atomic E-state index is -0.443. The van der Waals surface area contributed by atoms with E-state index in [4.69, 9.17) is 5.73 Å². The van der Waals surface area contributed by atoms with Gasteiger partial charge in [0.05, 0.1) is 17.9 Å². The molecule has 0 atom stereocenters. The maximum atomic E-state index is 12.9. The molecule has 0 aliphatic carbocycles. The lowest BCUT2D eigenvalue weighted by atomic mass is 10.2. The van der Waals surface area contributed by atoms with Crippen LogP contribution in [0.3, 0.4) is 0 Å². The van der Waals surface area contributed by atoms with E-state index in [2.05, 4.69) is 10.6 Å². The number of hydrogen-bond acceptors (Lipinski definition) is 4. The number of nitrogens with two attached hydrogens (primary N) is 1. The Hall–Kier alpha value is -2.15. The minimum absolute atomic E-state index is 0.0179. The van der Waals surface area contributed by atoms with E-state index in [0.717, 1.165) is 19.0 Å². The molecule has 1 aromatic rings. The average Bonchev–Trinajstić information content (AvgIpc) is 2.64. The van der Waals surface area contributed by atoms with Crippen LogP contribution >= 0.6 is 0 Å².